The van der Waals surface area contributed by atoms with E-state index in [2.05, 4.69) is 23.7 Å². The van der Waals surface area contributed by atoms with Crippen molar-refractivity contribution in [2.45, 2.75) is 26.9 Å². The largest absolute Gasteiger partial charge is 0.376 e. The summed E-state index contributed by atoms with van der Waals surface area (Å²) in [7, 11) is 0. The van der Waals surface area contributed by atoms with Gasteiger partial charge in [0.1, 0.15) is 6.10 Å². The minimum atomic E-state index is -0.819. The van der Waals surface area contributed by atoms with Crippen molar-refractivity contribution in [2.24, 2.45) is 5.41 Å². The van der Waals surface area contributed by atoms with Gasteiger partial charge in [0.2, 0.25) is 0 Å². The van der Waals surface area contributed by atoms with E-state index in [1.165, 1.54) is 0 Å². The van der Waals surface area contributed by atoms with Gasteiger partial charge in [0.05, 0.1) is 0 Å². The van der Waals surface area contributed by atoms with E-state index in [-0.39, 0.29) is 5.41 Å². The fourth-order valence-electron chi connectivity index (χ4n) is 1.87. The summed E-state index contributed by atoms with van der Waals surface area (Å²) in [6, 6.07) is 17.4. The SMILES string of the molecule is CC(C)(C)C#CC(O)c1ccccc1C#Cc1ccccc1. The minimum absolute atomic E-state index is 0.133. The molecule has 1 nitrogen and oxygen atoms in total. The summed E-state index contributed by atoms with van der Waals surface area (Å²) in [6.07, 6.45) is -0.819. The number of aliphatic hydroxyl groups excluding tert-OH is 1. The van der Waals surface area contributed by atoms with Crippen molar-refractivity contribution >= 4 is 0 Å². The van der Waals surface area contributed by atoms with Gasteiger partial charge < -0.3 is 5.11 Å². The molecule has 0 bridgehead atoms. The summed E-state index contributed by atoms with van der Waals surface area (Å²) in [5.41, 5.74) is 2.38. The molecule has 1 atom stereocenters. The van der Waals surface area contributed by atoms with Crippen molar-refractivity contribution in [3.05, 3.63) is 71.3 Å². The molecule has 1 unspecified atom stereocenters. The zero-order valence-electron chi connectivity index (χ0n) is 13.2. The van der Waals surface area contributed by atoms with Crippen LogP contribution in [0, 0.1) is 29.1 Å². The van der Waals surface area contributed by atoms with Crippen LogP contribution in [0.1, 0.15) is 43.6 Å². The van der Waals surface area contributed by atoms with Gasteiger partial charge in [0, 0.05) is 22.1 Å². The topological polar surface area (TPSA) is 20.2 Å². The predicted molar refractivity (Wildman–Crippen MR) is 91.1 cm³/mol. The molecule has 2 aromatic rings. The Labute approximate surface area is 133 Å². The molecule has 0 saturated heterocycles. The van der Waals surface area contributed by atoms with Gasteiger partial charge in [-0.1, -0.05) is 60.1 Å². The molecule has 0 spiro atoms. The van der Waals surface area contributed by atoms with Crippen molar-refractivity contribution in [1.29, 1.82) is 0 Å². The average molecular weight is 288 g/mol. The highest BCUT2D eigenvalue weighted by Gasteiger charge is 2.10. The third kappa shape index (κ3) is 4.81. The highest BCUT2D eigenvalue weighted by molar-refractivity contribution is 5.48. The molecule has 0 aliphatic carbocycles. The van der Waals surface area contributed by atoms with E-state index in [0.717, 1.165) is 16.7 Å². The zero-order valence-corrected chi connectivity index (χ0v) is 13.2. The number of rotatable bonds is 1. The average Bonchev–Trinajstić information content (AvgIpc) is 2.51. The van der Waals surface area contributed by atoms with E-state index < -0.39 is 6.10 Å². The lowest BCUT2D eigenvalue weighted by molar-refractivity contribution is 0.237. The second-order valence-electron chi connectivity index (χ2n) is 6.13. The maximum Gasteiger partial charge on any atom is 0.141 e. The molecule has 0 amide bonds. The molecule has 22 heavy (non-hydrogen) atoms. The first kappa shape index (κ1) is 15.9. The lowest BCUT2D eigenvalue weighted by Gasteiger charge is -2.10. The highest BCUT2D eigenvalue weighted by atomic mass is 16.3. The van der Waals surface area contributed by atoms with Crippen LogP contribution in [0.5, 0.6) is 0 Å². The van der Waals surface area contributed by atoms with Crippen LogP contribution in [-0.4, -0.2) is 5.11 Å². The molecule has 0 heterocycles. The Morgan fingerprint density at radius 3 is 2.18 bits per heavy atom. The molecule has 0 saturated carbocycles. The second-order valence-corrected chi connectivity index (χ2v) is 6.13. The molecule has 1 N–H and O–H groups in total. The van der Waals surface area contributed by atoms with Crippen LogP contribution >= 0.6 is 0 Å². The fourth-order valence-corrected chi connectivity index (χ4v) is 1.87. The first-order valence-electron chi connectivity index (χ1n) is 7.32. The number of hydrogen-bond donors (Lipinski definition) is 1. The molecule has 2 rings (SSSR count). The van der Waals surface area contributed by atoms with Crippen molar-refractivity contribution in [1.82, 2.24) is 0 Å². The minimum Gasteiger partial charge on any atom is -0.376 e. The van der Waals surface area contributed by atoms with Crippen LogP contribution in [-0.2, 0) is 0 Å². The fraction of sp³-hybridized carbons (Fsp3) is 0.238. The molecular weight excluding hydrogens is 268 g/mol. The van der Waals surface area contributed by atoms with E-state index in [9.17, 15) is 5.11 Å². The van der Waals surface area contributed by atoms with Gasteiger partial charge in [-0.3, -0.25) is 0 Å². The third-order valence-electron chi connectivity index (χ3n) is 2.95. The first-order valence-corrected chi connectivity index (χ1v) is 7.32. The van der Waals surface area contributed by atoms with Gasteiger partial charge in [0.25, 0.3) is 0 Å². The molecule has 0 aliphatic rings. The van der Waals surface area contributed by atoms with E-state index in [1.54, 1.807) is 0 Å². The Kier molecular flexibility index (Phi) is 5.05. The lowest BCUT2D eigenvalue weighted by atomic mass is 9.96. The van der Waals surface area contributed by atoms with Gasteiger partial charge >= 0.3 is 0 Å². The summed E-state index contributed by atoms with van der Waals surface area (Å²) >= 11 is 0. The normalized spacial score (nSPS) is 11.6. The van der Waals surface area contributed by atoms with E-state index >= 15 is 0 Å². The molecule has 0 radical (unpaired) electrons. The Hall–Kier alpha value is -2.48. The van der Waals surface area contributed by atoms with Crippen molar-refractivity contribution in [3.8, 4) is 23.7 Å². The van der Waals surface area contributed by atoms with Crippen LogP contribution < -0.4 is 0 Å². The summed E-state index contributed by atoms with van der Waals surface area (Å²) in [4.78, 5) is 0. The molecule has 110 valence electrons. The van der Waals surface area contributed by atoms with Gasteiger partial charge in [-0.15, -0.1) is 0 Å². The Balaban J connectivity index is 2.31. The summed E-state index contributed by atoms with van der Waals surface area (Å²) in [6.45, 7) is 6.06. The second kappa shape index (κ2) is 6.99. The van der Waals surface area contributed by atoms with Gasteiger partial charge in [-0.2, -0.15) is 0 Å². The van der Waals surface area contributed by atoms with Crippen molar-refractivity contribution in [2.75, 3.05) is 0 Å². The lowest BCUT2D eigenvalue weighted by Crippen LogP contribution is -2.03. The first-order chi connectivity index (χ1) is 10.5. The summed E-state index contributed by atoms with van der Waals surface area (Å²) in [5.74, 6) is 12.2. The van der Waals surface area contributed by atoms with Crippen LogP contribution in [0.3, 0.4) is 0 Å². The Bertz CT molecular complexity index is 743. The van der Waals surface area contributed by atoms with Crippen LogP contribution in [0.4, 0.5) is 0 Å². The van der Waals surface area contributed by atoms with Crippen LogP contribution in [0.25, 0.3) is 0 Å². The molecule has 0 fully saturated rings. The Morgan fingerprint density at radius 1 is 0.864 bits per heavy atom. The van der Waals surface area contributed by atoms with Crippen LogP contribution in [0.2, 0.25) is 0 Å². The van der Waals surface area contributed by atoms with Crippen molar-refractivity contribution in [3.63, 3.8) is 0 Å². The molecular formula is C21H20O. The number of aliphatic hydroxyl groups is 1. The monoisotopic (exact) mass is 288 g/mol. The molecule has 1 heteroatoms. The maximum absolute atomic E-state index is 10.3. The highest BCUT2D eigenvalue weighted by Crippen LogP contribution is 2.18. The molecule has 2 aromatic carbocycles. The predicted octanol–water partition coefficient (Wildman–Crippen LogP) is 4.17. The van der Waals surface area contributed by atoms with E-state index in [1.807, 2.05) is 75.4 Å². The summed E-state index contributed by atoms with van der Waals surface area (Å²) < 4.78 is 0. The van der Waals surface area contributed by atoms with Gasteiger partial charge in [0.15, 0.2) is 0 Å². The molecule has 0 aromatic heterocycles. The van der Waals surface area contributed by atoms with Crippen molar-refractivity contribution < 1.29 is 5.11 Å². The third-order valence-corrected chi connectivity index (χ3v) is 2.95. The maximum atomic E-state index is 10.3. The van der Waals surface area contributed by atoms with Crippen LogP contribution in [0.15, 0.2) is 54.6 Å². The summed E-state index contributed by atoms with van der Waals surface area (Å²) in [5, 5.41) is 10.3. The smallest absolute Gasteiger partial charge is 0.141 e. The van der Waals surface area contributed by atoms with E-state index in [0.29, 0.717) is 0 Å². The Morgan fingerprint density at radius 2 is 1.50 bits per heavy atom. The van der Waals surface area contributed by atoms with Gasteiger partial charge in [-0.25, -0.2) is 0 Å². The van der Waals surface area contributed by atoms with E-state index in [4.69, 9.17) is 0 Å². The number of benzene rings is 2. The number of hydrogen-bond acceptors (Lipinski definition) is 1. The molecule has 0 aliphatic heterocycles. The standard InChI is InChI=1S/C21H20O/c1-21(2,3)16-15-20(22)19-12-8-7-11-18(19)14-13-17-9-5-4-6-10-17/h4-12,20,22H,1-3H3. The zero-order chi connectivity index (χ0) is 16.0. The van der Waals surface area contributed by atoms with Gasteiger partial charge in [-0.05, 0) is 39.0 Å². The quantitative estimate of drug-likeness (QED) is 0.781.